The number of amides is 1. The number of carbonyl (C=O) groups is 2. The molecule has 0 unspecified atom stereocenters. The van der Waals surface area contributed by atoms with Gasteiger partial charge in [-0.1, -0.05) is 45.1 Å². The molecule has 11 heteroatoms. The van der Waals surface area contributed by atoms with Crippen LogP contribution in [0.1, 0.15) is 73.6 Å². The van der Waals surface area contributed by atoms with Gasteiger partial charge in [0.05, 0.1) is 36.4 Å². The minimum absolute atomic E-state index is 0.00472. The topological polar surface area (TPSA) is 150 Å². The molecule has 0 bridgehead atoms. The number of aliphatic hydroxyl groups excluding tert-OH is 2. The molecule has 2 heterocycles. The molecule has 11 nitrogen and oxygen atoms in total. The van der Waals surface area contributed by atoms with Crippen molar-refractivity contribution in [2.45, 2.75) is 121 Å². The number of hydrogen-bond donors (Lipinski definition) is 4. The standard InChI is InChI=1S/C34H58N2O9/c1-10-26(38)24(4)31-27(43-31)21-33(5,41)16-11-12-22(2)30-23(3)13-14-28(44-32(40)36(8)19-18-35-7)34(6,42-9)17-15-25(37)20-29(39)45-30/h11-14,16,23-28,30-31,35,37-38,41H,10,15,17-21H2,1-9H3/b14-13+,16-11+,22-12+/t23-,24+,25+,26-,27+,28+,30+,31+,33-,34+/m0/s1. The van der Waals surface area contributed by atoms with E-state index in [1.54, 1.807) is 45.3 Å². The molecule has 4 N–H and O–H groups in total. The summed E-state index contributed by atoms with van der Waals surface area (Å²) in [6, 6.07) is 0. The second-order valence-corrected chi connectivity index (χ2v) is 13.2. The monoisotopic (exact) mass is 638 g/mol. The van der Waals surface area contributed by atoms with Gasteiger partial charge in [0.1, 0.15) is 11.7 Å². The summed E-state index contributed by atoms with van der Waals surface area (Å²) in [5, 5.41) is 34.8. The molecule has 45 heavy (non-hydrogen) atoms. The van der Waals surface area contributed by atoms with E-state index in [4.69, 9.17) is 18.9 Å². The molecule has 0 aromatic heterocycles. The number of nitrogens with zero attached hydrogens (tertiary/aromatic N) is 1. The first-order chi connectivity index (χ1) is 21.1. The number of likely N-dealkylation sites (N-methyl/N-ethyl adjacent to an activating group) is 2. The first-order valence-corrected chi connectivity index (χ1v) is 16.2. The van der Waals surface area contributed by atoms with Crippen LogP contribution in [0.5, 0.6) is 0 Å². The van der Waals surface area contributed by atoms with E-state index in [9.17, 15) is 24.9 Å². The van der Waals surface area contributed by atoms with Gasteiger partial charge in [0, 0.05) is 45.5 Å². The van der Waals surface area contributed by atoms with Crippen molar-refractivity contribution in [2.24, 2.45) is 11.8 Å². The molecule has 0 saturated carbocycles. The zero-order chi connectivity index (χ0) is 33.9. The molecule has 0 spiro atoms. The molecule has 2 aliphatic rings. The van der Waals surface area contributed by atoms with Crippen molar-refractivity contribution >= 4 is 12.1 Å². The van der Waals surface area contributed by atoms with Gasteiger partial charge in [-0.15, -0.1) is 0 Å². The van der Waals surface area contributed by atoms with Crippen molar-refractivity contribution in [3.63, 3.8) is 0 Å². The van der Waals surface area contributed by atoms with Gasteiger partial charge in [0.25, 0.3) is 0 Å². The number of esters is 1. The number of aliphatic hydroxyl groups is 3. The fourth-order valence-corrected chi connectivity index (χ4v) is 5.58. The van der Waals surface area contributed by atoms with Crippen LogP contribution in [0.15, 0.2) is 36.0 Å². The lowest BCUT2D eigenvalue weighted by Gasteiger charge is -2.36. The Morgan fingerprint density at radius 3 is 2.67 bits per heavy atom. The largest absolute Gasteiger partial charge is 0.457 e. The van der Waals surface area contributed by atoms with Crippen LogP contribution in [0.3, 0.4) is 0 Å². The summed E-state index contributed by atoms with van der Waals surface area (Å²) in [7, 11) is 5.01. The smallest absolute Gasteiger partial charge is 0.410 e. The minimum Gasteiger partial charge on any atom is -0.457 e. The van der Waals surface area contributed by atoms with Gasteiger partial charge in [0.2, 0.25) is 0 Å². The number of hydrogen-bond acceptors (Lipinski definition) is 10. The quantitative estimate of drug-likeness (QED) is 0.102. The maximum atomic E-state index is 12.9. The Morgan fingerprint density at radius 2 is 2.04 bits per heavy atom. The molecule has 2 aliphatic heterocycles. The summed E-state index contributed by atoms with van der Waals surface area (Å²) in [6.45, 7) is 12.2. The van der Waals surface area contributed by atoms with E-state index < -0.39 is 47.7 Å². The normalized spacial score (nSPS) is 33.2. The Bertz CT molecular complexity index is 1040. The minimum atomic E-state index is -1.14. The molecular weight excluding hydrogens is 580 g/mol. The summed E-state index contributed by atoms with van der Waals surface area (Å²) in [4.78, 5) is 27.3. The summed E-state index contributed by atoms with van der Waals surface area (Å²) in [5.74, 6) is -0.854. The van der Waals surface area contributed by atoms with Crippen LogP contribution in [0.2, 0.25) is 0 Å². The molecule has 0 aromatic rings. The highest BCUT2D eigenvalue weighted by atomic mass is 16.6. The van der Waals surface area contributed by atoms with Crippen LogP contribution >= 0.6 is 0 Å². The SMILES string of the molecule is CC[C@H](O)[C@@H](C)[C@H]1O[C@@H]1C[C@@](C)(O)/C=C/C=C(\C)[C@H]1OC(=O)C[C@H](O)CC[C@@](C)(OC)[C@H](OC(=O)N(C)CCNC)/C=C/[C@@H]1C. The molecule has 1 amide bonds. The van der Waals surface area contributed by atoms with E-state index in [0.717, 1.165) is 5.57 Å². The van der Waals surface area contributed by atoms with Crippen molar-refractivity contribution in [1.29, 1.82) is 0 Å². The van der Waals surface area contributed by atoms with Crippen LogP contribution in [-0.4, -0.2) is 114 Å². The summed E-state index contributed by atoms with van der Waals surface area (Å²) >= 11 is 0. The molecule has 0 aliphatic carbocycles. The summed E-state index contributed by atoms with van der Waals surface area (Å²) < 4.78 is 23.4. The highest BCUT2D eigenvalue weighted by Gasteiger charge is 2.47. The van der Waals surface area contributed by atoms with Crippen LogP contribution in [0.4, 0.5) is 4.79 Å². The van der Waals surface area contributed by atoms with Gasteiger partial charge in [-0.05, 0) is 58.7 Å². The van der Waals surface area contributed by atoms with Crippen molar-refractivity contribution in [2.75, 3.05) is 34.3 Å². The highest BCUT2D eigenvalue weighted by molar-refractivity contribution is 5.70. The molecule has 0 radical (unpaired) electrons. The lowest BCUT2D eigenvalue weighted by molar-refractivity contribution is -0.151. The predicted molar refractivity (Wildman–Crippen MR) is 173 cm³/mol. The second kappa shape index (κ2) is 17.6. The summed E-state index contributed by atoms with van der Waals surface area (Å²) in [5.41, 5.74) is -1.37. The Labute approximate surface area is 269 Å². The molecule has 1 fully saturated rings. The summed E-state index contributed by atoms with van der Waals surface area (Å²) in [6.07, 6.45) is 6.72. The first-order valence-electron chi connectivity index (χ1n) is 16.2. The van der Waals surface area contributed by atoms with Crippen molar-refractivity contribution in [3.8, 4) is 0 Å². The Morgan fingerprint density at radius 1 is 1.36 bits per heavy atom. The van der Waals surface area contributed by atoms with Crippen LogP contribution in [0, 0.1) is 11.8 Å². The lowest BCUT2D eigenvalue weighted by Crippen LogP contribution is -2.46. The molecule has 0 aromatic carbocycles. The maximum Gasteiger partial charge on any atom is 0.410 e. The second-order valence-electron chi connectivity index (χ2n) is 13.2. The number of allylic oxidation sites excluding steroid dienone is 2. The number of epoxide rings is 1. The molecule has 258 valence electrons. The number of methoxy groups -OCH3 is 1. The fourth-order valence-electron chi connectivity index (χ4n) is 5.58. The van der Waals surface area contributed by atoms with Gasteiger partial charge in [-0.25, -0.2) is 4.79 Å². The van der Waals surface area contributed by atoms with E-state index in [1.807, 2.05) is 40.7 Å². The van der Waals surface area contributed by atoms with Crippen LogP contribution in [0.25, 0.3) is 0 Å². The number of ether oxygens (including phenoxy) is 4. The third-order valence-corrected chi connectivity index (χ3v) is 9.05. The van der Waals surface area contributed by atoms with Crippen molar-refractivity contribution < 1.29 is 43.9 Å². The third kappa shape index (κ3) is 12.1. The lowest BCUT2D eigenvalue weighted by atomic mass is 9.88. The first kappa shape index (κ1) is 38.9. The Balaban J connectivity index is 2.26. The van der Waals surface area contributed by atoms with E-state index in [2.05, 4.69) is 5.32 Å². The van der Waals surface area contributed by atoms with Gasteiger partial charge in [-0.2, -0.15) is 0 Å². The average Bonchev–Trinajstić information content (AvgIpc) is 3.75. The van der Waals surface area contributed by atoms with Gasteiger partial charge < -0.3 is 44.5 Å². The van der Waals surface area contributed by atoms with Crippen LogP contribution < -0.4 is 5.32 Å². The van der Waals surface area contributed by atoms with E-state index in [1.165, 1.54) is 12.0 Å². The van der Waals surface area contributed by atoms with Crippen molar-refractivity contribution in [3.05, 3.63) is 36.0 Å². The Hall–Kier alpha value is -2.28. The number of rotatable bonds is 13. The zero-order valence-electron chi connectivity index (χ0n) is 28.7. The van der Waals surface area contributed by atoms with Crippen LogP contribution in [-0.2, 0) is 23.7 Å². The third-order valence-electron chi connectivity index (χ3n) is 9.05. The van der Waals surface area contributed by atoms with E-state index in [-0.39, 0.29) is 36.9 Å². The van der Waals surface area contributed by atoms with Gasteiger partial charge >= 0.3 is 12.1 Å². The van der Waals surface area contributed by atoms with E-state index >= 15 is 0 Å². The molecular formula is C34H58N2O9. The number of carbonyl (C=O) groups excluding carboxylic acids is 2. The van der Waals surface area contributed by atoms with E-state index in [0.29, 0.717) is 32.4 Å². The average molecular weight is 639 g/mol. The number of cyclic esters (lactones) is 1. The molecule has 10 atom stereocenters. The highest BCUT2D eigenvalue weighted by Crippen LogP contribution is 2.37. The van der Waals surface area contributed by atoms with Gasteiger partial charge in [0.15, 0.2) is 6.10 Å². The number of nitrogens with one attached hydrogen (secondary N) is 1. The molecule has 1 saturated heterocycles. The van der Waals surface area contributed by atoms with Gasteiger partial charge in [-0.3, -0.25) is 4.79 Å². The van der Waals surface area contributed by atoms with Crippen molar-refractivity contribution in [1.82, 2.24) is 10.2 Å². The maximum absolute atomic E-state index is 12.9. The fraction of sp³-hybridized carbons (Fsp3) is 0.765. The molecule has 2 rings (SSSR count). The Kier molecular flexibility index (Phi) is 15.2. The zero-order valence-corrected chi connectivity index (χ0v) is 28.7. The predicted octanol–water partition coefficient (Wildman–Crippen LogP) is 3.51.